The first-order valence-electron chi connectivity index (χ1n) is 11.3. The van der Waals surface area contributed by atoms with E-state index in [9.17, 15) is 14.7 Å². The molecule has 1 aliphatic heterocycles. The van der Waals surface area contributed by atoms with Crippen molar-refractivity contribution in [1.82, 2.24) is 9.80 Å². The largest absolute Gasteiger partial charge is 0.507 e. The minimum Gasteiger partial charge on any atom is -0.507 e. The Morgan fingerprint density at radius 3 is 2.47 bits per heavy atom. The number of likely N-dealkylation sites (N-methyl/N-ethyl adjacent to an activating group) is 2. The number of hydrogen-bond donors (Lipinski definition) is 1. The second-order valence-electron chi connectivity index (χ2n) is 9.96. The Morgan fingerprint density at radius 2 is 1.85 bits per heavy atom. The second-order valence-corrected chi connectivity index (χ2v) is 9.96. The molecule has 0 fully saturated rings. The number of benzene rings is 2. The molecule has 0 spiro atoms. The van der Waals surface area contributed by atoms with E-state index < -0.39 is 0 Å². The standard InChI is InChI=1S/C27H35N3O4/c1-27(2,3)21-14-19(23(31)15-24(21)34-7)26(33)30-16-18-10-8-11-22(20(18)17-30)29(6)25(32)12-9-13-28(4)5/h8-12,14-15,31H,13,16-17H2,1-7H3/b12-9+. The zero-order valence-electron chi connectivity index (χ0n) is 21.2. The van der Waals surface area contributed by atoms with E-state index in [4.69, 9.17) is 4.74 Å². The van der Waals surface area contributed by atoms with Crippen LogP contribution in [0.4, 0.5) is 5.69 Å². The molecule has 1 N–H and O–H groups in total. The Kier molecular flexibility index (Phi) is 7.36. The highest BCUT2D eigenvalue weighted by atomic mass is 16.5. The number of anilines is 1. The van der Waals surface area contributed by atoms with E-state index >= 15 is 0 Å². The van der Waals surface area contributed by atoms with Crippen LogP contribution in [0.25, 0.3) is 0 Å². The number of amides is 2. The van der Waals surface area contributed by atoms with Gasteiger partial charge in [0, 0.05) is 55.6 Å². The van der Waals surface area contributed by atoms with E-state index in [1.54, 1.807) is 36.1 Å². The van der Waals surface area contributed by atoms with Crippen molar-refractivity contribution in [1.29, 1.82) is 0 Å². The molecular weight excluding hydrogens is 430 g/mol. The van der Waals surface area contributed by atoms with Crippen LogP contribution in [0, 0.1) is 0 Å². The smallest absolute Gasteiger partial charge is 0.258 e. The van der Waals surface area contributed by atoms with E-state index in [2.05, 4.69) is 0 Å². The fraction of sp³-hybridized carbons (Fsp3) is 0.407. The van der Waals surface area contributed by atoms with E-state index in [1.165, 1.54) is 6.07 Å². The van der Waals surface area contributed by atoms with Crippen LogP contribution in [-0.2, 0) is 23.3 Å². The van der Waals surface area contributed by atoms with Crippen molar-refractivity contribution in [2.75, 3.05) is 39.7 Å². The summed E-state index contributed by atoms with van der Waals surface area (Å²) in [5.41, 5.74) is 3.54. The second kappa shape index (κ2) is 9.89. The van der Waals surface area contributed by atoms with Crippen LogP contribution in [-0.4, -0.2) is 61.5 Å². The minimum atomic E-state index is -0.265. The third-order valence-corrected chi connectivity index (χ3v) is 6.02. The number of carbonyl (C=O) groups is 2. The molecule has 0 atom stereocenters. The fourth-order valence-electron chi connectivity index (χ4n) is 4.12. The van der Waals surface area contributed by atoms with Gasteiger partial charge in [-0.3, -0.25) is 9.59 Å². The van der Waals surface area contributed by atoms with E-state index in [0.717, 1.165) is 22.4 Å². The molecule has 1 aliphatic rings. The summed E-state index contributed by atoms with van der Waals surface area (Å²) < 4.78 is 5.44. The molecule has 0 radical (unpaired) electrons. The first-order chi connectivity index (χ1) is 15.9. The summed E-state index contributed by atoms with van der Waals surface area (Å²) in [5, 5.41) is 10.6. The molecule has 7 nitrogen and oxygen atoms in total. The summed E-state index contributed by atoms with van der Waals surface area (Å²) in [5.74, 6) is 0.0654. The van der Waals surface area contributed by atoms with Crippen LogP contribution in [0.3, 0.4) is 0 Å². The lowest BCUT2D eigenvalue weighted by atomic mass is 9.85. The van der Waals surface area contributed by atoms with Crippen LogP contribution in [0.2, 0.25) is 0 Å². The zero-order valence-corrected chi connectivity index (χ0v) is 21.2. The summed E-state index contributed by atoms with van der Waals surface area (Å²) in [6, 6.07) is 9.01. The SMILES string of the molecule is COc1cc(O)c(C(=O)N2Cc3cccc(N(C)C(=O)/C=C/CN(C)C)c3C2)cc1C(C)(C)C. The van der Waals surface area contributed by atoms with Crippen molar-refractivity contribution in [3.8, 4) is 11.5 Å². The van der Waals surface area contributed by atoms with Gasteiger partial charge >= 0.3 is 0 Å². The van der Waals surface area contributed by atoms with Crippen molar-refractivity contribution < 1.29 is 19.4 Å². The van der Waals surface area contributed by atoms with Gasteiger partial charge in [-0.15, -0.1) is 0 Å². The normalized spacial score (nSPS) is 13.5. The predicted octanol–water partition coefficient (Wildman–Crippen LogP) is 3.93. The number of phenols is 1. The first kappa shape index (κ1) is 25.3. The zero-order chi connectivity index (χ0) is 25.2. The minimum absolute atomic E-state index is 0.107. The molecule has 3 rings (SSSR count). The fourth-order valence-corrected chi connectivity index (χ4v) is 4.12. The van der Waals surface area contributed by atoms with E-state index in [1.807, 2.05) is 64.0 Å². The predicted molar refractivity (Wildman–Crippen MR) is 134 cm³/mol. The molecule has 0 bridgehead atoms. The monoisotopic (exact) mass is 465 g/mol. The Labute approximate surface area is 202 Å². The molecule has 34 heavy (non-hydrogen) atoms. The van der Waals surface area contributed by atoms with Crippen LogP contribution >= 0.6 is 0 Å². The Hall–Kier alpha value is -3.32. The van der Waals surface area contributed by atoms with Crippen molar-refractivity contribution in [2.45, 2.75) is 39.3 Å². The lowest BCUT2D eigenvalue weighted by Crippen LogP contribution is -2.27. The van der Waals surface area contributed by atoms with Gasteiger partial charge in [0.25, 0.3) is 5.91 Å². The van der Waals surface area contributed by atoms with Gasteiger partial charge in [0.05, 0.1) is 12.7 Å². The molecule has 2 amide bonds. The number of nitrogens with zero attached hydrogens (tertiary/aromatic N) is 3. The van der Waals surface area contributed by atoms with Crippen molar-refractivity contribution >= 4 is 17.5 Å². The number of aromatic hydroxyl groups is 1. The van der Waals surface area contributed by atoms with Crippen LogP contribution < -0.4 is 9.64 Å². The lowest BCUT2D eigenvalue weighted by molar-refractivity contribution is -0.113. The molecule has 1 heterocycles. The maximum atomic E-state index is 13.5. The van der Waals surface area contributed by atoms with Gasteiger partial charge in [0.2, 0.25) is 5.91 Å². The molecule has 0 saturated heterocycles. The van der Waals surface area contributed by atoms with Crippen LogP contribution in [0.5, 0.6) is 11.5 Å². The molecule has 182 valence electrons. The maximum absolute atomic E-state index is 13.5. The highest BCUT2D eigenvalue weighted by molar-refractivity contribution is 6.02. The van der Waals surface area contributed by atoms with Gasteiger partial charge in [-0.1, -0.05) is 39.0 Å². The number of fused-ring (bicyclic) bond motifs is 1. The van der Waals surface area contributed by atoms with Gasteiger partial charge in [-0.25, -0.2) is 0 Å². The number of phenolic OH excluding ortho intramolecular Hbond substituents is 1. The molecular formula is C27H35N3O4. The molecule has 0 aromatic heterocycles. The average molecular weight is 466 g/mol. The average Bonchev–Trinajstić information content (AvgIpc) is 3.21. The van der Waals surface area contributed by atoms with Crippen LogP contribution in [0.1, 0.15) is 47.8 Å². The highest BCUT2D eigenvalue weighted by Crippen LogP contribution is 2.38. The van der Waals surface area contributed by atoms with Gasteiger partial charge in [-0.05, 0) is 37.2 Å². The Morgan fingerprint density at radius 1 is 1.15 bits per heavy atom. The number of ether oxygens (including phenoxy) is 1. The quantitative estimate of drug-likeness (QED) is 0.655. The first-order valence-corrected chi connectivity index (χ1v) is 11.3. The molecule has 2 aromatic rings. The maximum Gasteiger partial charge on any atom is 0.258 e. The topological polar surface area (TPSA) is 73.3 Å². The Bertz CT molecular complexity index is 1120. The molecule has 0 unspecified atom stereocenters. The van der Waals surface area contributed by atoms with Gasteiger partial charge in [0.1, 0.15) is 11.5 Å². The van der Waals surface area contributed by atoms with Crippen LogP contribution in [0.15, 0.2) is 42.5 Å². The van der Waals surface area contributed by atoms with Crippen molar-refractivity contribution in [3.63, 3.8) is 0 Å². The summed E-state index contributed by atoms with van der Waals surface area (Å²) in [7, 11) is 7.18. The summed E-state index contributed by atoms with van der Waals surface area (Å²) in [4.78, 5) is 31.4. The lowest BCUT2D eigenvalue weighted by Gasteiger charge is -2.24. The summed E-state index contributed by atoms with van der Waals surface area (Å²) in [6.45, 7) is 7.56. The summed E-state index contributed by atoms with van der Waals surface area (Å²) >= 11 is 0. The van der Waals surface area contributed by atoms with Crippen molar-refractivity contribution in [3.05, 3.63) is 64.7 Å². The molecule has 0 saturated carbocycles. The van der Waals surface area contributed by atoms with Gasteiger partial charge in [0.15, 0.2) is 0 Å². The van der Waals surface area contributed by atoms with E-state index in [-0.39, 0.29) is 28.5 Å². The van der Waals surface area contributed by atoms with Gasteiger partial charge < -0.3 is 24.5 Å². The van der Waals surface area contributed by atoms with Crippen molar-refractivity contribution in [2.24, 2.45) is 0 Å². The van der Waals surface area contributed by atoms with E-state index in [0.29, 0.717) is 25.4 Å². The highest BCUT2D eigenvalue weighted by Gasteiger charge is 2.31. The third-order valence-electron chi connectivity index (χ3n) is 6.02. The Balaban J connectivity index is 1.87. The number of carbonyl (C=O) groups excluding carboxylic acids is 2. The van der Waals surface area contributed by atoms with Gasteiger partial charge in [-0.2, -0.15) is 0 Å². The molecule has 7 heteroatoms. The molecule has 0 aliphatic carbocycles. The molecule has 2 aromatic carbocycles. The number of hydrogen-bond acceptors (Lipinski definition) is 5. The number of methoxy groups -OCH3 is 1. The number of rotatable bonds is 6. The summed E-state index contributed by atoms with van der Waals surface area (Å²) in [6.07, 6.45) is 3.40. The third kappa shape index (κ3) is 5.25.